The number of fused-ring (bicyclic) bond motifs is 1. The number of amides is 1. The van der Waals surface area contributed by atoms with Gasteiger partial charge in [0.1, 0.15) is 48.9 Å². The molecule has 1 aromatic heterocycles. The number of hydrogen-bond acceptors (Lipinski definition) is 9. The maximum absolute atomic E-state index is 14.5. The number of aromatic nitrogens is 1. The molecule has 1 aliphatic rings. The zero-order chi connectivity index (χ0) is 33.3. The van der Waals surface area contributed by atoms with Crippen molar-refractivity contribution in [3.05, 3.63) is 76.4 Å². The van der Waals surface area contributed by atoms with Crippen LogP contribution in [0, 0.1) is 5.82 Å². The lowest BCUT2D eigenvalue weighted by molar-refractivity contribution is -0.282. The number of methoxy groups -OCH3 is 1. The Bertz CT molecular complexity index is 1600. The molecular formula is C29H28F6N4O6. The quantitative estimate of drug-likeness (QED) is 0.110. The van der Waals surface area contributed by atoms with Gasteiger partial charge in [0, 0.05) is 28.8 Å². The van der Waals surface area contributed by atoms with Gasteiger partial charge >= 0.3 is 12.1 Å². The van der Waals surface area contributed by atoms with Crippen molar-refractivity contribution in [2.24, 2.45) is 5.73 Å². The van der Waals surface area contributed by atoms with Gasteiger partial charge in [0.05, 0.1) is 29.6 Å². The topological polar surface area (TPSA) is 173 Å². The third kappa shape index (κ3) is 6.77. The second-order valence-electron chi connectivity index (χ2n) is 10.3. The van der Waals surface area contributed by atoms with E-state index in [0.29, 0.717) is 0 Å². The monoisotopic (exact) mass is 642 g/mol. The minimum absolute atomic E-state index is 0.124. The molecule has 1 amide bonds. The lowest BCUT2D eigenvalue weighted by Gasteiger charge is -2.24. The highest BCUT2D eigenvalue weighted by molar-refractivity contribution is 5.96. The zero-order valence-corrected chi connectivity index (χ0v) is 23.5. The lowest BCUT2D eigenvalue weighted by Crippen LogP contribution is -2.36. The van der Waals surface area contributed by atoms with E-state index in [9.17, 15) is 46.5 Å². The highest BCUT2D eigenvalue weighted by atomic mass is 19.4. The zero-order valence-electron chi connectivity index (χ0n) is 23.5. The number of nitrogen functional groups attached to an aromatic ring is 1. The molecule has 0 bridgehead atoms. The van der Waals surface area contributed by atoms with Gasteiger partial charge in [-0.25, -0.2) is 18.2 Å². The summed E-state index contributed by atoms with van der Waals surface area (Å²) in [6, 6.07) is 7.54. The third-order valence-corrected chi connectivity index (χ3v) is 7.26. The number of benzene rings is 2. The number of pyridine rings is 1. The number of nitrogens with one attached hydrogen (secondary N) is 1. The molecule has 4 rings (SSSR count). The van der Waals surface area contributed by atoms with E-state index in [1.165, 1.54) is 19.2 Å². The van der Waals surface area contributed by atoms with E-state index < -0.39 is 73.1 Å². The van der Waals surface area contributed by atoms with Gasteiger partial charge in [0.25, 0.3) is 5.91 Å². The number of alkyl halides is 5. The number of halogens is 6. The van der Waals surface area contributed by atoms with Crippen molar-refractivity contribution < 1.29 is 55.9 Å². The van der Waals surface area contributed by atoms with Crippen LogP contribution in [0.3, 0.4) is 0 Å². The molecule has 45 heavy (non-hydrogen) atoms. The van der Waals surface area contributed by atoms with E-state index in [1.54, 1.807) is 0 Å². The van der Waals surface area contributed by atoms with Crippen LogP contribution in [-0.2, 0) is 5.41 Å². The Hall–Kier alpha value is -4.54. The summed E-state index contributed by atoms with van der Waals surface area (Å²) in [5.74, 6) is -7.92. The number of rotatable bonds is 10. The average molecular weight is 643 g/mol. The van der Waals surface area contributed by atoms with Crippen LogP contribution in [0.4, 0.5) is 32.0 Å². The summed E-state index contributed by atoms with van der Waals surface area (Å²) < 4.78 is 96.0. The number of aliphatic hydroxyl groups is 3. The number of carbonyl (C=O) groups is 1. The molecule has 8 N–H and O–H groups in total. The largest absolute Gasteiger partial charge is 0.495 e. The summed E-state index contributed by atoms with van der Waals surface area (Å²) in [6.07, 6.45) is -4.22. The molecule has 1 atom stereocenters. The Morgan fingerprint density at radius 3 is 2.36 bits per heavy atom. The summed E-state index contributed by atoms with van der Waals surface area (Å²) in [4.78, 5) is 17.2. The summed E-state index contributed by atoms with van der Waals surface area (Å²) in [5.41, 5.74) is 7.01. The molecule has 0 saturated heterocycles. The Kier molecular flexibility index (Phi) is 9.23. The van der Waals surface area contributed by atoms with Crippen LogP contribution in [0.15, 0.2) is 48.2 Å². The fourth-order valence-electron chi connectivity index (χ4n) is 4.64. The normalized spacial score (nSPS) is 15.3. The second kappa shape index (κ2) is 12.5. The predicted octanol–water partition coefficient (Wildman–Crippen LogP) is 3.05. The SMILES string of the molecule is COc1cc(C(=O)NCC(c2cc3c(c(-c4ccc(F)cc4)n2)OCC3(CF)CF)C(F)(F)F)cc(/C=C(\N)C(O)(O)O)c1N. The van der Waals surface area contributed by atoms with Gasteiger partial charge in [-0.1, -0.05) is 0 Å². The summed E-state index contributed by atoms with van der Waals surface area (Å²) in [7, 11) is 1.18. The Morgan fingerprint density at radius 1 is 1.16 bits per heavy atom. The van der Waals surface area contributed by atoms with Crippen LogP contribution in [0.25, 0.3) is 17.3 Å². The molecule has 242 valence electrons. The molecule has 0 radical (unpaired) electrons. The maximum atomic E-state index is 14.5. The van der Waals surface area contributed by atoms with Gasteiger partial charge in [0.15, 0.2) is 0 Å². The van der Waals surface area contributed by atoms with Gasteiger partial charge in [-0.15, -0.1) is 0 Å². The van der Waals surface area contributed by atoms with Crippen molar-refractivity contribution in [3.63, 3.8) is 0 Å². The number of carbonyl (C=O) groups excluding carboxylic acids is 1. The first-order valence-electron chi connectivity index (χ1n) is 13.1. The van der Waals surface area contributed by atoms with Gasteiger partial charge in [-0.2, -0.15) is 13.2 Å². The molecule has 16 heteroatoms. The van der Waals surface area contributed by atoms with Crippen LogP contribution in [-0.4, -0.2) is 72.0 Å². The molecule has 2 heterocycles. The smallest absolute Gasteiger partial charge is 0.398 e. The fourth-order valence-corrected chi connectivity index (χ4v) is 4.64. The average Bonchev–Trinajstić information content (AvgIpc) is 3.36. The second-order valence-corrected chi connectivity index (χ2v) is 10.3. The number of anilines is 1. The molecular weight excluding hydrogens is 614 g/mol. The Morgan fingerprint density at radius 2 is 1.80 bits per heavy atom. The molecule has 0 aliphatic carbocycles. The van der Waals surface area contributed by atoms with E-state index in [4.69, 9.17) is 20.9 Å². The Labute approximate surface area is 251 Å². The van der Waals surface area contributed by atoms with Crippen molar-refractivity contribution in [1.29, 1.82) is 0 Å². The number of nitrogens with two attached hydrogens (primary N) is 2. The van der Waals surface area contributed by atoms with Gasteiger partial charge in [-0.05, 0) is 48.5 Å². The van der Waals surface area contributed by atoms with Gasteiger partial charge in [-0.3, -0.25) is 4.79 Å². The van der Waals surface area contributed by atoms with E-state index in [0.717, 1.165) is 36.4 Å². The van der Waals surface area contributed by atoms with E-state index in [2.05, 4.69) is 10.3 Å². The summed E-state index contributed by atoms with van der Waals surface area (Å²) in [5, 5.41) is 30.0. The fraction of sp³-hybridized carbons (Fsp3) is 0.310. The lowest BCUT2D eigenvalue weighted by atomic mass is 9.83. The van der Waals surface area contributed by atoms with E-state index >= 15 is 0 Å². The summed E-state index contributed by atoms with van der Waals surface area (Å²) in [6.45, 7) is -4.18. The van der Waals surface area contributed by atoms with Crippen LogP contribution in [0.1, 0.15) is 33.1 Å². The van der Waals surface area contributed by atoms with Crippen molar-refractivity contribution in [3.8, 4) is 22.8 Å². The standard InChI is InChI=1S/C29H28F6N4O6/c1-44-21-7-16(6-15(23(21)37)8-22(36)29(41,42)43)26(40)38-10-19(28(33,34)35)20-9-18-25(45-13-27(18,11-30)12-31)24(39-20)14-2-4-17(32)5-3-14/h2-9,19,41-43H,10-13,36-37H2,1H3,(H,38,40)/b22-8-. The highest BCUT2D eigenvalue weighted by Crippen LogP contribution is 2.47. The number of ether oxygens (including phenoxy) is 2. The molecule has 0 spiro atoms. The molecule has 0 fully saturated rings. The minimum Gasteiger partial charge on any atom is -0.495 e. The van der Waals surface area contributed by atoms with Crippen LogP contribution in [0.2, 0.25) is 0 Å². The molecule has 3 aromatic rings. The van der Waals surface area contributed by atoms with E-state index in [1.807, 2.05) is 0 Å². The van der Waals surface area contributed by atoms with Crippen LogP contribution < -0.4 is 26.3 Å². The highest BCUT2D eigenvalue weighted by Gasteiger charge is 2.47. The predicted molar refractivity (Wildman–Crippen MR) is 149 cm³/mol. The first-order chi connectivity index (χ1) is 21.0. The first kappa shape index (κ1) is 33.4. The first-order valence-corrected chi connectivity index (χ1v) is 13.1. The van der Waals surface area contributed by atoms with Crippen LogP contribution in [0.5, 0.6) is 11.5 Å². The number of nitrogens with zero attached hydrogens (tertiary/aromatic N) is 1. The third-order valence-electron chi connectivity index (χ3n) is 7.26. The summed E-state index contributed by atoms with van der Waals surface area (Å²) >= 11 is 0. The molecule has 0 saturated carbocycles. The van der Waals surface area contributed by atoms with Crippen molar-refractivity contribution >= 4 is 17.7 Å². The molecule has 1 unspecified atom stereocenters. The maximum Gasteiger partial charge on any atom is 0.398 e. The van der Waals surface area contributed by atoms with Gasteiger partial charge in [0.2, 0.25) is 0 Å². The number of hydrogen-bond donors (Lipinski definition) is 6. The van der Waals surface area contributed by atoms with E-state index in [-0.39, 0.29) is 45.1 Å². The molecule has 10 nitrogen and oxygen atoms in total. The molecule has 1 aliphatic heterocycles. The Balaban J connectivity index is 1.75. The van der Waals surface area contributed by atoms with Crippen molar-refractivity contribution in [2.45, 2.75) is 23.5 Å². The van der Waals surface area contributed by atoms with Crippen molar-refractivity contribution in [2.75, 3.05) is 39.3 Å². The minimum atomic E-state index is -5.03. The van der Waals surface area contributed by atoms with Crippen LogP contribution >= 0.6 is 0 Å². The van der Waals surface area contributed by atoms with Gasteiger partial charge < -0.3 is 41.6 Å². The van der Waals surface area contributed by atoms with Crippen molar-refractivity contribution in [1.82, 2.24) is 10.3 Å². The molecule has 2 aromatic carbocycles.